The Morgan fingerprint density at radius 1 is 1.04 bits per heavy atom. The van der Waals surface area contributed by atoms with E-state index in [4.69, 9.17) is 4.74 Å². The lowest BCUT2D eigenvalue weighted by Crippen LogP contribution is -2.30. The average Bonchev–Trinajstić information content (AvgIpc) is 2.70. The van der Waals surface area contributed by atoms with Gasteiger partial charge in [0.25, 0.3) is 5.91 Å². The van der Waals surface area contributed by atoms with Crippen LogP contribution in [0.1, 0.15) is 22.8 Å². The van der Waals surface area contributed by atoms with Gasteiger partial charge >= 0.3 is 11.9 Å². The molecule has 0 aliphatic rings. The summed E-state index contributed by atoms with van der Waals surface area (Å²) < 4.78 is 9.68. The standard InChI is InChI=1S/C20H21NO5S/c1-14(27-17-6-4-3-5-7-17)19(23)26-13-18(22)21-12-15-8-10-16(11-9-15)20(24)25-2/h3-11,14H,12-13H2,1-2H3,(H,21,22)/t14-/m1/s1. The minimum Gasteiger partial charge on any atom is -0.465 e. The van der Waals surface area contributed by atoms with E-state index in [1.807, 2.05) is 30.3 Å². The molecule has 0 fully saturated rings. The lowest BCUT2D eigenvalue weighted by atomic mass is 10.1. The Labute approximate surface area is 162 Å². The minimum atomic E-state index is -0.443. The van der Waals surface area contributed by atoms with E-state index in [0.29, 0.717) is 5.56 Å². The first kappa shape index (κ1) is 20.5. The van der Waals surface area contributed by atoms with E-state index >= 15 is 0 Å². The molecule has 0 aliphatic heterocycles. The molecule has 2 rings (SSSR count). The number of methoxy groups -OCH3 is 1. The lowest BCUT2D eigenvalue weighted by Gasteiger charge is -2.11. The topological polar surface area (TPSA) is 81.7 Å². The van der Waals surface area contributed by atoms with Gasteiger partial charge in [0, 0.05) is 11.4 Å². The highest BCUT2D eigenvalue weighted by molar-refractivity contribution is 8.00. The van der Waals surface area contributed by atoms with Crippen LogP contribution >= 0.6 is 11.8 Å². The number of thioether (sulfide) groups is 1. The number of ether oxygens (including phenoxy) is 2. The highest BCUT2D eigenvalue weighted by Crippen LogP contribution is 2.23. The fourth-order valence-electron chi connectivity index (χ4n) is 2.13. The second-order valence-electron chi connectivity index (χ2n) is 5.65. The van der Waals surface area contributed by atoms with Crippen molar-refractivity contribution in [2.45, 2.75) is 23.6 Å². The molecule has 1 atom stereocenters. The van der Waals surface area contributed by atoms with Gasteiger partial charge in [0.1, 0.15) is 5.25 Å². The minimum absolute atomic E-state index is 0.270. The van der Waals surface area contributed by atoms with Crippen LogP contribution in [0, 0.1) is 0 Å². The van der Waals surface area contributed by atoms with Crippen molar-refractivity contribution in [3.8, 4) is 0 Å². The molecule has 0 spiro atoms. The molecule has 27 heavy (non-hydrogen) atoms. The summed E-state index contributed by atoms with van der Waals surface area (Å²) in [6.45, 7) is 1.67. The molecule has 1 amide bonds. The first-order chi connectivity index (χ1) is 13.0. The van der Waals surface area contributed by atoms with Gasteiger partial charge in [0.2, 0.25) is 0 Å². The first-order valence-electron chi connectivity index (χ1n) is 8.32. The van der Waals surface area contributed by atoms with Crippen LogP contribution in [-0.2, 0) is 25.6 Å². The van der Waals surface area contributed by atoms with Gasteiger partial charge in [-0.3, -0.25) is 9.59 Å². The SMILES string of the molecule is COC(=O)c1ccc(CNC(=O)COC(=O)[C@@H](C)Sc2ccccc2)cc1. The van der Waals surface area contributed by atoms with Crippen molar-refractivity contribution in [2.24, 2.45) is 0 Å². The summed E-state index contributed by atoms with van der Waals surface area (Å²) in [6.07, 6.45) is 0. The molecule has 0 saturated carbocycles. The lowest BCUT2D eigenvalue weighted by molar-refractivity contribution is -0.147. The number of hydrogen-bond acceptors (Lipinski definition) is 6. The largest absolute Gasteiger partial charge is 0.465 e. The van der Waals surface area contributed by atoms with E-state index < -0.39 is 23.1 Å². The van der Waals surface area contributed by atoms with Crippen molar-refractivity contribution in [3.05, 3.63) is 65.7 Å². The van der Waals surface area contributed by atoms with Crippen molar-refractivity contribution in [2.75, 3.05) is 13.7 Å². The third-order valence-corrected chi connectivity index (χ3v) is 4.69. The molecule has 7 heteroatoms. The molecule has 2 aromatic rings. The fourth-order valence-corrected chi connectivity index (χ4v) is 3.02. The number of nitrogens with one attached hydrogen (secondary N) is 1. The first-order valence-corrected chi connectivity index (χ1v) is 9.20. The maximum Gasteiger partial charge on any atom is 0.337 e. The molecule has 0 radical (unpaired) electrons. The predicted molar refractivity (Wildman–Crippen MR) is 102 cm³/mol. The molecule has 0 aliphatic carbocycles. The Hall–Kier alpha value is -2.80. The highest BCUT2D eigenvalue weighted by Gasteiger charge is 2.17. The Morgan fingerprint density at radius 3 is 2.33 bits per heavy atom. The summed E-state index contributed by atoms with van der Waals surface area (Å²) in [6, 6.07) is 16.2. The van der Waals surface area contributed by atoms with Crippen LogP contribution in [0.5, 0.6) is 0 Å². The van der Waals surface area contributed by atoms with Crippen molar-refractivity contribution in [1.82, 2.24) is 5.32 Å². The molecule has 142 valence electrons. The van der Waals surface area contributed by atoms with E-state index in [1.54, 1.807) is 31.2 Å². The summed E-state index contributed by atoms with van der Waals surface area (Å²) in [4.78, 5) is 36.2. The second kappa shape index (κ2) is 10.4. The number of amides is 1. The molecular formula is C20H21NO5S. The maximum absolute atomic E-state index is 12.0. The zero-order chi connectivity index (χ0) is 19.6. The molecular weight excluding hydrogens is 366 g/mol. The summed E-state index contributed by atoms with van der Waals surface area (Å²) in [7, 11) is 1.32. The zero-order valence-corrected chi connectivity index (χ0v) is 16.0. The van der Waals surface area contributed by atoms with E-state index in [-0.39, 0.29) is 13.2 Å². The number of rotatable bonds is 8. The van der Waals surface area contributed by atoms with Gasteiger partial charge in [0.15, 0.2) is 6.61 Å². The molecule has 0 aromatic heterocycles. The smallest absolute Gasteiger partial charge is 0.337 e. The summed E-state index contributed by atoms with van der Waals surface area (Å²) in [5, 5.41) is 2.26. The van der Waals surface area contributed by atoms with Gasteiger partial charge in [-0.05, 0) is 36.8 Å². The Kier molecular flexibility index (Phi) is 7.88. The molecule has 0 unspecified atom stereocenters. The van der Waals surface area contributed by atoms with Gasteiger partial charge in [-0.2, -0.15) is 0 Å². The second-order valence-corrected chi connectivity index (χ2v) is 7.06. The van der Waals surface area contributed by atoms with Gasteiger partial charge in [-0.25, -0.2) is 4.79 Å². The monoisotopic (exact) mass is 387 g/mol. The fraction of sp³-hybridized carbons (Fsp3) is 0.250. The molecule has 6 nitrogen and oxygen atoms in total. The van der Waals surface area contributed by atoms with Crippen LogP contribution in [0.25, 0.3) is 0 Å². The Bertz CT molecular complexity index is 777. The normalized spacial score (nSPS) is 11.3. The number of carbonyl (C=O) groups excluding carboxylic acids is 3. The molecule has 1 N–H and O–H groups in total. The van der Waals surface area contributed by atoms with Gasteiger partial charge in [0.05, 0.1) is 12.7 Å². The van der Waals surface area contributed by atoms with E-state index in [9.17, 15) is 14.4 Å². The van der Waals surface area contributed by atoms with Gasteiger partial charge < -0.3 is 14.8 Å². The molecule has 0 saturated heterocycles. The van der Waals surface area contributed by atoms with E-state index in [2.05, 4.69) is 10.1 Å². The van der Waals surface area contributed by atoms with E-state index in [1.165, 1.54) is 18.9 Å². The number of benzene rings is 2. The zero-order valence-electron chi connectivity index (χ0n) is 15.1. The third kappa shape index (κ3) is 6.79. The molecule has 0 heterocycles. The van der Waals surface area contributed by atoms with Gasteiger partial charge in [-0.15, -0.1) is 11.8 Å². The number of esters is 2. The Balaban J connectivity index is 1.72. The van der Waals surface area contributed by atoms with Crippen LogP contribution in [-0.4, -0.2) is 36.8 Å². The van der Waals surface area contributed by atoms with Crippen LogP contribution in [0.15, 0.2) is 59.5 Å². The van der Waals surface area contributed by atoms with Crippen LogP contribution < -0.4 is 5.32 Å². The molecule has 0 bridgehead atoms. The highest BCUT2D eigenvalue weighted by atomic mass is 32.2. The van der Waals surface area contributed by atoms with Crippen molar-refractivity contribution < 1.29 is 23.9 Å². The maximum atomic E-state index is 12.0. The number of carbonyl (C=O) groups is 3. The van der Waals surface area contributed by atoms with Crippen molar-refractivity contribution in [1.29, 1.82) is 0 Å². The summed E-state index contributed by atoms with van der Waals surface area (Å²) in [5.74, 6) is -1.25. The van der Waals surface area contributed by atoms with Crippen LogP contribution in [0.2, 0.25) is 0 Å². The quantitative estimate of drug-likeness (QED) is 0.554. The van der Waals surface area contributed by atoms with Crippen molar-refractivity contribution >= 4 is 29.6 Å². The van der Waals surface area contributed by atoms with E-state index in [0.717, 1.165) is 10.5 Å². The van der Waals surface area contributed by atoms with Crippen LogP contribution in [0.4, 0.5) is 0 Å². The number of hydrogen-bond donors (Lipinski definition) is 1. The average molecular weight is 387 g/mol. The predicted octanol–water partition coefficient (Wildman–Crippen LogP) is 2.81. The van der Waals surface area contributed by atoms with Crippen LogP contribution in [0.3, 0.4) is 0 Å². The Morgan fingerprint density at radius 2 is 1.70 bits per heavy atom. The molecule has 2 aromatic carbocycles. The van der Waals surface area contributed by atoms with Crippen molar-refractivity contribution in [3.63, 3.8) is 0 Å². The summed E-state index contributed by atoms with van der Waals surface area (Å²) in [5.41, 5.74) is 1.25. The third-order valence-electron chi connectivity index (χ3n) is 3.60. The summed E-state index contributed by atoms with van der Waals surface area (Å²) >= 11 is 1.38. The van der Waals surface area contributed by atoms with Gasteiger partial charge in [-0.1, -0.05) is 30.3 Å².